The third kappa shape index (κ3) is 4.19. The van der Waals surface area contributed by atoms with E-state index in [4.69, 9.17) is 14.0 Å². The van der Waals surface area contributed by atoms with E-state index in [1.165, 1.54) is 0 Å². The van der Waals surface area contributed by atoms with Crippen LogP contribution in [0.25, 0.3) is 5.57 Å². The third-order valence-electron chi connectivity index (χ3n) is 5.21. The van der Waals surface area contributed by atoms with Crippen LogP contribution < -0.4 is 5.46 Å². The molecule has 7 heteroatoms. The number of carbonyl (C=O) groups is 1. The van der Waals surface area contributed by atoms with Gasteiger partial charge < -0.3 is 18.9 Å². The number of hydrogen-bond acceptors (Lipinski definition) is 5. The summed E-state index contributed by atoms with van der Waals surface area (Å²) in [5.74, 6) is 0. The predicted molar refractivity (Wildman–Crippen MR) is 106 cm³/mol. The molecule has 0 unspecified atom stereocenters. The van der Waals surface area contributed by atoms with Crippen LogP contribution in [0.4, 0.5) is 4.79 Å². The van der Waals surface area contributed by atoms with Crippen molar-refractivity contribution in [1.29, 1.82) is 0 Å². The molecule has 1 saturated heterocycles. The topological polar surface area (TPSA) is 60.9 Å². The molecule has 1 aromatic heterocycles. The van der Waals surface area contributed by atoms with Gasteiger partial charge >= 0.3 is 13.2 Å². The highest BCUT2D eigenvalue weighted by Gasteiger charge is 2.51. The van der Waals surface area contributed by atoms with Crippen molar-refractivity contribution in [3.05, 3.63) is 30.1 Å². The molecule has 146 valence electrons. The highest BCUT2D eigenvalue weighted by Crippen LogP contribution is 2.36. The molecule has 1 aromatic rings. The van der Waals surface area contributed by atoms with Gasteiger partial charge in [-0.05, 0) is 60.1 Å². The van der Waals surface area contributed by atoms with E-state index < -0.39 is 12.7 Å². The van der Waals surface area contributed by atoms with Crippen LogP contribution in [-0.2, 0) is 14.0 Å². The molecule has 2 aliphatic rings. The van der Waals surface area contributed by atoms with Crippen LogP contribution in [0.15, 0.2) is 24.4 Å². The Morgan fingerprint density at radius 2 is 1.81 bits per heavy atom. The molecule has 0 aromatic carbocycles. The van der Waals surface area contributed by atoms with Crippen molar-refractivity contribution in [1.82, 2.24) is 9.88 Å². The Balaban J connectivity index is 1.65. The molecule has 0 atom stereocenters. The second-order valence-corrected chi connectivity index (χ2v) is 9.16. The number of amides is 1. The summed E-state index contributed by atoms with van der Waals surface area (Å²) in [5, 5.41) is 0. The maximum Gasteiger partial charge on any atom is 0.496 e. The lowest BCUT2D eigenvalue weighted by Crippen LogP contribution is -2.41. The second-order valence-electron chi connectivity index (χ2n) is 9.16. The highest BCUT2D eigenvalue weighted by atomic mass is 16.7. The lowest BCUT2D eigenvalue weighted by Gasteiger charge is -2.32. The number of pyridine rings is 1. The van der Waals surface area contributed by atoms with E-state index in [-0.39, 0.29) is 17.3 Å². The number of carbonyl (C=O) groups excluding carboxylic acids is 1. The van der Waals surface area contributed by atoms with E-state index in [0.29, 0.717) is 13.1 Å². The Hall–Kier alpha value is -1.86. The third-order valence-corrected chi connectivity index (χ3v) is 5.21. The van der Waals surface area contributed by atoms with Crippen molar-refractivity contribution < 1.29 is 18.8 Å². The Bertz CT molecular complexity index is 734. The predicted octanol–water partition coefficient (Wildman–Crippen LogP) is 3.01. The van der Waals surface area contributed by atoms with E-state index in [2.05, 4.69) is 4.98 Å². The molecule has 2 aliphatic heterocycles. The Morgan fingerprint density at radius 1 is 1.19 bits per heavy atom. The quantitative estimate of drug-likeness (QED) is 0.747. The zero-order valence-corrected chi connectivity index (χ0v) is 17.3. The minimum atomic E-state index is -0.497. The van der Waals surface area contributed by atoms with Gasteiger partial charge in [-0.25, -0.2) is 4.79 Å². The molecule has 0 spiro atoms. The number of nitrogens with zero attached hydrogens (tertiary/aromatic N) is 2. The largest absolute Gasteiger partial charge is 0.496 e. The molecule has 0 saturated carbocycles. The Morgan fingerprint density at radius 3 is 2.33 bits per heavy atom. The van der Waals surface area contributed by atoms with E-state index in [1.807, 2.05) is 66.7 Å². The van der Waals surface area contributed by atoms with Crippen molar-refractivity contribution in [2.45, 2.75) is 65.3 Å². The number of rotatable bonds is 2. The highest BCUT2D eigenvalue weighted by molar-refractivity contribution is 6.62. The number of hydrogen-bond donors (Lipinski definition) is 0. The summed E-state index contributed by atoms with van der Waals surface area (Å²) in [6.07, 6.45) is 3.50. The first-order chi connectivity index (χ1) is 12.4. The fourth-order valence-corrected chi connectivity index (χ4v) is 2.92. The molecule has 6 nitrogen and oxygen atoms in total. The zero-order valence-electron chi connectivity index (χ0n) is 17.3. The van der Waals surface area contributed by atoms with Gasteiger partial charge in [0.15, 0.2) is 0 Å². The fraction of sp³-hybridized carbons (Fsp3) is 0.600. The van der Waals surface area contributed by atoms with Gasteiger partial charge in [-0.1, -0.05) is 12.1 Å². The number of aromatic nitrogens is 1. The molecular formula is C20H29BN2O4. The van der Waals surface area contributed by atoms with Crippen LogP contribution in [0.3, 0.4) is 0 Å². The SMILES string of the molecule is CC(C)(C)OC(=O)N1CC=C(c2ccc(B3OC(C)(C)C(C)(C)O3)cn2)C1. The first-order valence-electron chi connectivity index (χ1n) is 9.37. The van der Waals surface area contributed by atoms with Gasteiger partial charge in [-0.3, -0.25) is 4.98 Å². The van der Waals surface area contributed by atoms with Crippen molar-refractivity contribution >= 4 is 24.2 Å². The summed E-state index contributed by atoms with van der Waals surface area (Å²) in [6, 6.07) is 3.92. The monoisotopic (exact) mass is 372 g/mol. The summed E-state index contributed by atoms with van der Waals surface area (Å²) < 4.78 is 17.6. The molecule has 0 bridgehead atoms. The lowest BCUT2D eigenvalue weighted by molar-refractivity contribution is 0.00578. The number of ether oxygens (including phenoxy) is 1. The van der Waals surface area contributed by atoms with Crippen molar-refractivity contribution in [3.63, 3.8) is 0 Å². The molecule has 0 aliphatic carbocycles. The Kier molecular flexibility index (Phi) is 4.89. The maximum atomic E-state index is 12.2. The van der Waals surface area contributed by atoms with Gasteiger partial charge in [0.25, 0.3) is 0 Å². The van der Waals surface area contributed by atoms with E-state index in [9.17, 15) is 4.79 Å². The summed E-state index contributed by atoms with van der Waals surface area (Å²) >= 11 is 0. The van der Waals surface area contributed by atoms with E-state index in [0.717, 1.165) is 16.7 Å². The average molecular weight is 372 g/mol. The summed E-state index contributed by atoms with van der Waals surface area (Å²) in [6.45, 7) is 14.8. The summed E-state index contributed by atoms with van der Waals surface area (Å²) in [4.78, 5) is 18.4. The van der Waals surface area contributed by atoms with Gasteiger partial charge in [-0.2, -0.15) is 0 Å². The van der Waals surface area contributed by atoms with Crippen molar-refractivity contribution in [2.75, 3.05) is 13.1 Å². The maximum absolute atomic E-state index is 12.2. The molecule has 0 radical (unpaired) electrons. The Labute approximate surface area is 162 Å². The van der Waals surface area contributed by atoms with Gasteiger partial charge in [0.1, 0.15) is 5.60 Å². The van der Waals surface area contributed by atoms with Crippen molar-refractivity contribution in [2.24, 2.45) is 0 Å². The second kappa shape index (κ2) is 6.64. The molecule has 27 heavy (non-hydrogen) atoms. The standard InChI is InChI=1S/C20H29BN2O4/c1-18(2,3)25-17(24)23-11-10-14(13-23)16-9-8-15(12-22-16)21-26-19(4,5)20(6,7)27-21/h8-10,12H,11,13H2,1-7H3. The first kappa shape index (κ1) is 19.9. The smallest absolute Gasteiger partial charge is 0.444 e. The van der Waals surface area contributed by atoms with E-state index in [1.54, 1.807) is 11.1 Å². The molecular weight excluding hydrogens is 343 g/mol. The van der Waals surface area contributed by atoms with Gasteiger partial charge in [-0.15, -0.1) is 0 Å². The minimum absolute atomic E-state index is 0.303. The summed E-state index contributed by atoms with van der Waals surface area (Å²) in [5.41, 5.74) is 1.50. The first-order valence-corrected chi connectivity index (χ1v) is 9.37. The van der Waals surface area contributed by atoms with Gasteiger partial charge in [0, 0.05) is 18.2 Å². The fourth-order valence-electron chi connectivity index (χ4n) is 2.92. The lowest BCUT2D eigenvalue weighted by atomic mass is 9.80. The van der Waals surface area contributed by atoms with Crippen LogP contribution in [0.2, 0.25) is 0 Å². The van der Waals surface area contributed by atoms with Crippen molar-refractivity contribution in [3.8, 4) is 0 Å². The van der Waals surface area contributed by atoms with Crippen LogP contribution in [-0.4, -0.2) is 53.0 Å². The zero-order chi connectivity index (χ0) is 20.0. The van der Waals surface area contributed by atoms with Crippen LogP contribution in [0, 0.1) is 0 Å². The molecule has 3 rings (SSSR count). The molecule has 3 heterocycles. The average Bonchev–Trinajstić information content (AvgIpc) is 3.09. The molecule has 1 fully saturated rings. The van der Waals surface area contributed by atoms with Crippen LogP contribution >= 0.6 is 0 Å². The normalized spacial score (nSPS) is 21.4. The minimum Gasteiger partial charge on any atom is -0.444 e. The van der Waals surface area contributed by atoms with Gasteiger partial charge in [0.2, 0.25) is 0 Å². The van der Waals surface area contributed by atoms with E-state index >= 15 is 0 Å². The van der Waals surface area contributed by atoms with Gasteiger partial charge in [0.05, 0.1) is 23.4 Å². The summed E-state index contributed by atoms with van der Waals surface area (Å²) in [7, 11) is -0.424. The van der Waals surface area contributed by atoms with Crippen LogP contribution in [0.5, 0.6) is 0 Å². The molecule has 1 amide bonds. The van der Waals surface area contributed by atoms with Crippen LogP contribution in [0.1, 0.15) is 54.2 Å². The molecule has 0 N–H and O–H groups in total.